The lowest BCUT2D eigenvalue weighted by Gasteiger charge is -2.13. The molecule has 65 heavy (non-hydrogen) atoms. The molecule has 0 saturated carbocycles. The van der Waals surface area contributed by atoms with Gasteiger partial charge in [-0.25, -0.2) is 15.0 Å². The van der Waals surface area contributed by atoms with E-state index in [1.165, 1.54) is 58.2 Å². The molecule has 0 atom stereocenters. The number of nitrogens with zero attached hydrogens (tertiary/aromatic N) is 5. The van der Waals surface area contributed by atoms with Crippen LogP contribution in [0.15, 0.2) is 205 Å². The summed E-state index contributed by atoms with van der Waals surface area (Å²) in [5.41, 5.74) is 10.5. The van der Waals surface area contributed by atoms with Gasteiger partial charge in [0.15, 0.2) is 23.1 Å². The van der Waals surface area contributed by atoms with Crippen molar-refractivity contribution in [2.45, 2.75) is 0 Å². The predicted octanol–water partition coefficient (Wildman–Crippen LogP) is 15.6. The summed E-state index contributed by atoms with van der Waals surface area (Å²) in [5, 5.41) is 10.5. The smallest absolute Gasteiger partial charge is 0.167 e. The van der Waals surface area contributed by atoms with Crippen molar-refractivity contribution in [3.8, 4) is 51.0 Å². The maximum Gasteiger partial charge on any atom is 0.167 e. The zero-order chi connectivity index (χ0) is 42.6. The summed E-state index contributed by atoms with van der Waals surface area (Å²) in [7, 11) is 0. The molecule has 0 fully saturated rings. The van der Waals surface area contributed by atoms with Crippen LogP contribution >= 0.6 is 11.3 Å². The standard InChI is InChI=1S/C58H33N5OS/c1-2-13-36-31-37(25-24-34(36)11-1)38-27-29-48-47(33-38)42-28-26-35-12-3-4-16-41(35)54(42)63(48)40-15-7-14-39(32-40)56-60-57(44-18-9-23-51-52(44)43-17-5-6-22-50(43)65-51)62-58(61-56)46-20-8-19-45-53-49(64-55(45)46)21-10-30-59-53/h1-33H. The number of pyridine rings is 1. The van der Waals surface area contributed by atoms with Crippen LogP contribution in [0.5, 0.6) is 0 Å². The highest BCUT2D eigenvalue weighted by Gasteiger charge is 2.22. The topological polar surface area (TPSA) is 69.6 Å². The van der Waals surface area contributed by atoms with E-state index >= 15 is 0 Å². The van der Waals surface area contributed by atoms with Crippen LogP contribution in [0.4, 0.5) is 0 Å². The molecule has 0 radical (unpaired) electrons. The Bertz CT molecular complexity index is 4270. The third-order valence-electron chi connectivity index (χ3n) is 12.9. The molecular formula is C58H33N5OS. The fourth-order valence-corrected chi connectivity index (χ4v) is 11.0. The average molecular weight is 848 g/mol. The molecule has 9 aromatic carbocycles. The summed E-state index contributed by atoms with van der Waals surface area (Å²) in [4.78, 5) is 20.6. The first-order chi connectivity index (χ1) is 32.2. The first kappa shape index (κ1) is 36.0. The van der Waals surface area contributed by atoms with Crippen molar-refractivity contribution in [1.29, 1.82) is 0 Å². The van der Waals surface area contributed by atoms with Crippen molar-refractivity contribution in [3.05, 3.63) is 200 Å². The lowest BCUT2D eigenvalue weighted by Crippen LogP contribution is -2.01. The number of fused-ring (bicyclic) bond motifs is 12. The zero-order valence-electron chi connectivity index (χ0n) is 34.6. The van der Waals surface area contributed by atoms with Gasteiger partial charge in [0.2, 0.25) is 0 Å². The van der Waals surface area contributed by atoms with Crippen molar-refractivity contribution >= 4 is 96.9 Å². The number of thiophene rings is 1. The fraction of sp³-hybridized carbons (Fsp3) is 0. The van der Waals surface area contributed by atoms with E-state index in [1.54, 1.807) is 17.5 Å². The van der Waals surface area contributed by atoms with Crippen LogP contribution in [-0.2, 0) is 0 Å². The minimum absolute atomic E-state index is 0.528. The summed E-state index contributed by atoms with van der Waals surface area (Å²) in [5.74, 6) is 1.69. The highest BCUT2D eigenvalue weighted by Crippen LogP contribution is 2.42. The van der Waals surface area contributed by atoms with Crippen LogP contribution in [0.3, 0.4) is 0 Å². The van der Waals surface area contributed by atoms with E-state index in [0.717, 1.165) is 55.3 Å². The molecule has 5 aromatic heterocycles. The Morgan fingerprint density at radius 1 is 0.431 bits per heavy atom. The van der Waals surface area contributed by atoms with Gasteiger partial charge in [0.05, 0.1) is 16.6 Å². The average Bonchev–Trinajstić information content (AvgIpc) is 4.06. The summed E-state index contributed by atoms with van der Waals surface area (Å²) in [6, 6.07) is 68.8. The number of rotatable bonds is 5. The molecule has 6 nitrogen and oxygen atoms in total. The van der Waals surface area contributed by atoms with E-state index in [1.807, 2.05) is 30.3 Å². The lowest BCUT2D eigenvalue weighted by atomic mass is 9.99. The highest BCUT2D eigenvalue weighted by atomic mass is 32.1. The maximum atomic E-state index is 6.52. The first-order valence-electron chi connectivity index (χ1n) is 21.7. The molecule has 0 spiro atoms. The van der Waals surface area contributed by atoms with Crippen LogP contribution < -0.4 is 0 Å². The normalized spacial score (nSPS) is 12.0. The van der Waals surface area contributed by atoms with E-state index in [-0.39, 0.29) is 0 Å². The zero-order valence-corrected chi connectivity index (χ0v) is 35.4. The van der Waals surface area contributed by atoms with Crippen LogP contribution in [0.1, 0.15) is 0 Å². The first-order valence-corrected chi connectivity index (χ1v) is 22.5. The van der Waals surface area contributed by atoms with Crippen molar-refractivity contribution in [2.24, 2.45) is 0 Å². The molecule has 14 rings (SSSR count). The van der Waals surface area contributed by atoms with Crippen molar-refractivity contribution in [3.63, 3.8) is 0 Å². The van der Waals surface area contributed by atoms with Gasteiger partial charge in [0, 0.05) is 64.7 Å². The van der Waals surface area contributed by atoms with Crippen molar-refractivity contribution in [1.82, 2.24) is 24.5 Å². The summed E-state index contributed by atoms with van der Waals surface area (Å²) in [6.07, 6.45) is 1.80. The van der Waals surface area contributed by atoms with Crippen molar-refractivity contribution in [2.75, 3.05) is 0 Å². The molecule has 7 heteroatoms. The predicted molar refractivity (Wildman–Crippen MR) is 269 cm³/mol. The van der Waals surface area contributed by atoms with Gasteiger partial charge in [0.1, 0.15) is 11.1 Å². The molecule has 0 aliphatic heterocycles. The van der Waals surface area contributed by atoms with E-state index in [4.69, 9.17) is 19.4 Å². The van der Waals surface area contributed by atoms with Gasteiger partial charge in [-0.05, 0) is 94.0 Å². The monoisotopic (exact) mass is 847 g/mol. The molecule has 0 unspecified atom stereocenters. The molecular weight excluding hydrogens is 815 g/mol. The fourth-order valence-electron chi connectivity index (χ4n) is 9.88. The largest absolute Gasteiger partial charge is 0.454 e. The van der Waals surface area contributed by atoms with Gasteiger partial charge < -0.3 is 8.98 Å². The number of furan rings is 1. The molecule has 0 amide bonds. The number of benzene rings is 9. The molecule has 0 saturated heterocycles. The molecule has 302 valence electrons. The molecule has 14 aromatic rings. The number of hydrogen-bond acceptors (Lipinski definition) is 6. The Kier molecular flexibility index (Phi) is 7.75. The summed E-state index contributed by atoms with van der Waals surface area (Å²) >= 11 is 1.78. The molecule has 0 bridgehead atoms. The number of aromatic nitrogens is 5. The van der Waals surface area contributed by atoms with Gasteiger partial charge in [-0.1, -0.05) is 127 Å². The van der Waals surface area contributed by atoms with Gasteiger partial charge >= 0.3 is 0 Å². The van der Waals surface area contributed by atoms with Crippen LogP contribution in [0, 0.1) is 0 Å². The van der Waals surface area contributed by atoms with E-state index in [0.29, 0.717) is 23.1 Å². The second-order valence-electron chi connectivity index (χ2n) is 16.6. The molecule has 0 N–H and O–H groups in total. The Morgan fingerprint density at radius 3 is 2.08 bits per heavy atom. The Balaban J connectivity index is 1.00. The molecule has 0 aliphatic carbocycles. The van der Waals surface area contributed by atoms with E-state index < -0.39 is 0 Å². The Morgan fingerprint density at radius 2 is 1.14 bits per heavy atom. The van der Waals surface area contributed by atoms with Gasteiger partial charge in [0.25, 0.3) is 0 Å². The van der Waals surface area contributed by atoms with Crippen LogP contribution in [-0.4, -0.2) is 24.5 Å². The quantitative estimate of drug-likeness (QED) is 0.173. The van der Waals surface area contributed by atoms with E-state index in [9.17, 15) is 0 Å². The van der Waals surface area contributed by atoms with Crippen LogP contribution in [0.25, 0.3) is 137 Å². The van der Waals surface area contributed by atoms with Gasteiger partial charge in [-0.15, -0.1) is 11.3 Å². The van der Waals surface area contributed by atoms with Crippen LogP contribution in [0.2, 0.25) is 0 Å². The third kappa shape index (κ3) is 5.59. The van der Waals surface area contributed by atoms with E-state index in [2.05, 4.69) is 173 Å². The SMILES string of the molecule is c1cc(-c2nc(-c3cccc4c3oc3cccnc34)nc(-c3cccc4sc5ccccc5c34)n2)cc(-n2c3ccc(-c4ccc5ccccc5c4)cc3c3ccc4ccccc4c32)c1. The Hall–Kier alpha value is -8.52. The molecule has 0 aliphatic rings. The lowest BCUT2D eigenvalue weighted by molar-refractivity contribution is 0.668. The third-order valence-corrected chi connectivity index (χ3v) is 14.0. The molecule has 5 heterocycles. The number of para-hydroxylation sites is 1. The van der Waals surface area contributed by atoms with Gasteiger partial charge in [-0.2, -0.15) is 0 Å². The van der Waals surface area contributed by atoms with Crippen molar-refractivity contribution < 1.29 is 4.42 Å². The maximum absolute atomic E-state index is 6.52. The highest BCUT2D eigenvalue weighted by molar-refractivity contribution is 7.25. The van der Waals surface area contributed by atoms with Gasteiger partial charge in [-0.3, -0.25) is 4.98 Å². The number of hydrogen-bond donors (Lipinski definition) is 0. The Labute approximate surface area is 375 Å². The second kappa shape index (κ2) is 14.0. The summed E-state index contributed by atoms with van der Waals surface area (Å²) < 4.78 is 11.3. The minimum Gasteiger partial charge on any atom is -0.454 e. The summed E-state index contributed by atoms with van der Waals surface area (Å²) in [6.45, 7) is 0. The second-order valence-corrected chi connectivity index (χ2v) is 17.7. The minimum atomic E-state index is 0.528.